The molecule has 0 saturated carbocycles. The van der Waals surface area contributed by atoms with E-state index in [1.807, 2.05) is 32.0 Å². The van der Waals surface area contributed by atoms with Gasteiger partial charge in [-0.15, -0.1) is 0 Å². The third kappa shape index (κ3) is 2.79. The van der Waals surface area contributed by atoms with Crippen LogP contribution in [0.2, 0.25) is 0 Å². The van der Waals surface area contributed by atoms with E-state index in [0.29, 0.717) is 29.3 Å². The van der Waals surface area contributed by atoms with E-state index in [-0.39, 0.29) is 5.91 Å². The lowest BCUT2D eigenvalue weighted by Gasteiger charge is -2.06. The van der Waals surface area contributed by atoms with Gasteiger partial charge in [-0.25, -0.2) is 0 Å². The summed E-state index contributed by atoms with van der Waals surface area (Å²) in [5.74, 6) is 0.407. The van der Waals surface area contributed by atoms with E-state index in [0.717, 1.165) is 5.56 Å². The molecule has 0 unspecified atom stereocenters. The lowest BCUT2D eigenvalue weighted by molar-refractivity contribution is 0.0951. The maximum absolute atomic E-state index is 12.5. The van der Waals surface area contributed by atoms with Gasteiger partial charge in [-0.3, -0.25) is 9.89 Å². The molecular formula is C17H17N3O2. The van der Waals surface area contributed by atoms with Crippen molar-refractivity contribution in [2.45, 2.75) is 20.4 Å². The Morgan fingerprint density at radius 2 is 2.14 bits per heavy atom. The van der Waals surface area contributed by atoms with Gasteiger partial charge in [0.1, 0.15) is 5.69 Å². The molecule has 112 valence electrons. The van der Waals surface area contributed by atoms with Crippen LogP contribution in [0.3, 0.4) is 0 Å². The van der Waals surface area contributed by atoms with Crippen molar-refractivity contribution in [2.75, 3.05) is 0 Å². The summed E-state index contributed by atoms with van der Waals surface area (Å²) in [6.45, 7) is 4.32. The largest absolute Gasteiger partial charge is 0.463 e. The highest BCUT2D eigenvalue weighted by Crippen LogP contribution is 2.23. The number of carbonyl (C=O) groups excluding carboxylic acids is 1. The minimum Gasteiger partial charge on any atom is -0.463 e. The number of aromatic amines is 1. The van der Waals surface area contributed by atoms with Crippen LogP contribution in [-0.2, 0) is 6.54 Å². The zero-order chi connectivity index (χ0) is 15.5. The Morgan fingerprint density at radius 3 is 2.86 bits per heavy atom. The molecule has 3 rings (SSSR count). The van der Waals surface area contributed by atoms with Gasteiger partial charge in [-0.2, -0.15) is 5.10 Å². The third-order valence-corrected chi connectivity index (χ3v) is 3.46. The van der Waals surface area contributed by atoms with E-state index in [9.17, 15) is 4.79 Å². The molecule has 1 aromatic carbocycles. The monoisotopic (exact) mass is 295 g/mol. The molecule has 0 aliphatic heterocycles. The van der Waals surface area contributed by atoms with Crippen molar-refractivity contribution in [1.82, 2.24) is 15.5 Å². The van der Waals surface area contributed by atoms with Gasteiger partial charge >= 0.3 is 0 Å². The van der Waals surface area contributed by atoms with Gasteiger partial charge in [0.2, 0.25) is 0 Å². The maximum Gasteiger partial charge on any atom is 0.255 e. The average Bonchev–Trinajstić information content (AvgIpc) is 3.14. The molecule has 2 N–H and O–H groups in total. The summed E-state index contributed by atoms with van der Waals surface area (Å²) in [7, 11) is 0. The molecule has 1 amide bonds. The molecule has 0 spiro atoms. The maximum atomic E-state index is 12.5. The molecule has 2 heterocycles. The Balaban J connectivity index is 1.80. The number of nitrogens with one attached hydrogen (secondary N) is 2. The van der Waals surface area contributed by atoms with Crippen LogP contribution in [0.25, 0.3) is 11.5 Å². The standard InChI is InChI=1S/C17H17N3O2/c1-11-5-3-6-13(9-11)10-18-17(21)15-12(2)19-20-16(15)14-7-4-8-22-14/h3-9H,10H2,1-2H3,(H,18,21)(H,19,20). The number of hydrogen-bond donors (Lipinski definition) is 2. The third-order valence-electron chi connectivity index (χ3n) is 3.46. The molecule has 0 saturated heterocycles. The second-order valence-corrected chi connectivity index (χ2v) is 5.22. The first kappa shape index (κ1) is 14.1. The number of hydrogen-bond acceptors (Lipinski definition) is 3. The summed E-state index contributed by atoms with van der Waals surface area (Å²) in [6.07, 6.45) is 1.56. The molecule has 3 aromatic rings. The average molecular weight is 295 g/mol. The molecule has 0 bridgehead atoms. The SMILES string of the molecule is Cc1cccc(CNC(=O)c2c(-c3ccco3)n[nH]c2C)c1. The molecule has 0 fully saturated rings. The summed E-state index contributed by atoms with van der Waals surface area (Å²) in [4.78, 5) is 12.5. The summed E-state index contributed by atoms with van der Waals surface area (Å²) in [5.41, 5.74) is 4.00. The normalized spacial score (nSPS) is 10.6. The first-order valence-corrected chi connectivity index (χ1v) is 7.07. The topological polar surface area (TPSA) is 70.9 Å². The summed E-state index contributed by atoms with van der Waals surface area (Å²) in [5, 5.41) is 9.94. The van der Waals surface area contributed by atoms with E-state index in [4.69, 9.17) is 4.42 Å². The quantitative estimate of drug-likeness (QED) is 0.776. The first-order valence-electron chi connectivity index (χ1n) is 7.07. The van der Waals surface area contributed by atoms with E-state index >= 15 is 0 Å². The van der Waals surface area contributed by atoms with Crippen molar-refractivity contribution in [3.8, 4) is 11.5 Å². The Kier molecular flexibility index (Phi) is 3.78. The highest BCUT2D eigenvalue weighted by molar-refractivity contribution is 6.00. The number of aromatic nitrogens is 2. The van der Waals surface area contributed by atoms with Crippen LogP contribution >= 0.6 is 0 Å². The van der Waals surface area contributed by atoms with Crippen LogP contribution in [0.15, 0.2) is 47.1 Å². The van der Waals surface area contributed by atoms with Crippen molar-refractivity contribution in [1.29, 1.82) is 0 Å². The van der Waals surface area contributed by atoms with Gasteiger partial charge in [0.05, 0.1) is 11.8 Å². The zero-order valence-corrected chi connectivity index (χ0v) is 12.5. The van der Waals surface area contributed by atoms with Crippen LogP contribution in [0, 0.1) is 13.8 Å². The fourth-order valence-corrected chi connectivity index (χ4v) is 2.39. The highest BCUT2D eigenvalue weighted by atomic mass is 16.3. The summed E-state index contributed by atoms with van der Waals surface area (Å²) < 4.78 is 5.34. The van der Waals surface area contributed by atoms with Crippen molar-refractivity contribution < 1.29 is 9.21 Å². The fraction of sp³-hybridized carbons (Fsp3) is 0.176. The number of H-pyrrole nitrogens is 1. The lowest BCUT2D eigenvalue weighted by Crippen LogP contribution is -2.23. The number of benzene rings is 1. The zero-order valence-electron chi connectivity index (χ0n) is 12.5. The number of rotatable bonds is 4. The van der Waals surface area contributed by atoms with Crippen LogP contribution in [0.1, 0.15) is 27.2 Å². The molecule has 22 heavy (non-hydrogen) atoms. The molecule has 0 aliphatic rings. The van der Waals surface area contributed by atoms with Crippen LogP contribution < -0.4 is 5.32 Å². The number of amides is 1. The molecule has 2 aromatic heterocycles. The number of aryl methyl sites for hydroxylation is 2. The fourth-order valence-electron chi connectivity index (χ4n) is 2.39. The predicted molar refractivity (Wildman–Crippen MR) is 83.4 cm³/mol. The first-order chi connectivity index (χ1) is 10.6. The van der Waals surface area contributed by atoms with Crippen LogP contribution in [-0.4, -0.2) is 16.1 Å². The highest BCUT2D eigenvalue weighted by Gasteiger charge is 2.20. The minimum atomic E-state index is -0.167. The van der Waals surface area contributed by atoms with E-state index in [1.165, 1.54) is 5.56 Å². The van der Waals surface area contributed by atoms with Crippen LogP contribution in [0.4, 0.5) is 0 Å². The van der Waals surface area contributed by atoms with Gasteiger partial charge in [0.25, 0.3) is 5.91 Å². The van der Waals surface area contributed by atoms with Crippen molar-refractivity contribution in [3.05, 3.63) is 65.0 Å². The second kappa shape index (κ2) is 5.89. The molecule has 5 heteroatoms. The van der Waals surface area contributed by atoms with Gasteiger partial charge < -0.3 is 9.73 Å². The van der Waals surface area contributed by atoms with Gasteiger partial charge in [-0.1, -0.05) is 29.8 Å². The molecule has 5 nitrogen and oxygen atoms in total. The summed E-state index contributed by atoms with van der Waals surface area (Å²) >= 11 is 0. The van der Waals surface area contributed by atoms with Gasteiger partial charge in [0.15, 0.2) is 5.76 Å². The smallest absolute Gasteiger partial charge is 0.255 e. The van der Waals surface area contributed by atoms with Gasteiger partial charge in [0, 0.05) is 12.2 Å². The Morgan fingerprint density at radius 1 is 1.27 bits per heavy atom. The predicted octanol–water partition coefficient (Wildman–Crippen LogP) is 3.22. The Bertz CT molecular complexity index is 788. The number of carbonyl (C=O) groups is 1. The number of nitrogens with zero attached hydrogens (tertiary/aromatic N) is 1. The minimum absolute atomic E-state index is 0.167. The van der Waals surface area contributed by atoms with Crippen LogP contribution in [0.5, 0.6) is 0 Å². The Hall–Kier alpha value is -2.82. The summed E-state index contributed by atoms with van der Waals surface area (Å²) in [6, 6.07) is 11.6. The second-order valence-electron chi connectivity index (χ2n) is 5.22. The molecule has 0 radical (unpaired) electrons. The van der Waals surface area contributed by atoms with Crippen molar-refractivity contribution in [3.63, 3.8) is 0 Å². The molecule has 0 atom stereocenters. The molecule has 0 aliphatic carbocycles. The Labute approximate surface area is 128 Å². The van der Waals surface area contributed by atoms with Crippen molar-refractivity contribution >= 4 is 5.91 Å². The van der Waals surface area contributed by atoms with Gasteiger partial charge in [-0.05, 0) is 31.5 Å². The van der Waals surface area contributed by atoms with E-state index < -0.39 is 0 Å². The number of furan rings is 1. The van der Waals surface area contributed by atoms with E-state index in [1.54, 1.807) is 18.4 Å². The van der Waals surface area contributed by atoms with E-state index in [2.05, 4.69) is 21.6 Å². The lowest BCUT2D eigenvalue weighted by atomic mass is 10.1. The molecular weight excluding hydrogens is 278 g/mol. The van der Waals surface area contributed by atoms with Crippen molar-refractivity contribution in [2.24, 2.45) is 0 Å².